The third-order valence-corrected chi connectivity index (χ3v) is 9.50. The Morgan fingerprint density at radius 2 is 1.22 bits per heavy atom. The fourth-order valence-electron chi connectivity index (χ4n) is 7.07. The van der Waals surface area contributed by atoms with Crippen LogP contribution < -0.4 is 0 Å². The van der Waals surface area contributed by atoms with E-state index < -0.39 is 0 Å². The van der Waals surface area contributed by atoms with Crippen molar-refractivity contribution >= 4 is 32.6 Å². The Balaban J connectivity index is 1.37. The van der Waals surface area contributed by atoms with Gasteiger partial charge in [0.05, 0.1) is 11.0 Å². The van der Waals surface area contributed by atoms with E-state index >= 15 is 0 Å². The number of hydrogen-bond donors (Lipinski definition) is 0. The maximum atomic E-state index is 2.49. The average Bonchev–Trinajstić information content (AvgIpc) is 3.34. The SMILES string of the molecule is CC1Cc2ccccc2-c2ccc3cc4c(cc3c2CC1C)c1ccccc1n4-c1ccc(-c2ccccc2)cc1. The molecule has 7 aromatic rings. The molecule has 6 aromatic carbocycles. The maximum absolute atomic E-state index is 2.49. The smallest absolute Gasteiger partial charge is 0.0547 e. The Morgan fingerprint density at radius 1 is 0.512 bits per heavy atom. The van der Waals surface area contributed by atoms with Crippen LogP contribution in [0, 0.1) is 11.8 Å². The van der Waals surface area contributed by atoms with E-state index in [1.54, 1.807) is 0 Å². The van der Waals surface area contributed by atoms with Gasteiger partial charge in [0.1, 0.15) is 0 Å². The first-order chi connectivity index (χ1) is 20.2. The van der Waals surface area contributed by atoms with Gasteiger partial charge in [-0.15, -0.1) is 0 Å². The van der Waals surface area contributed by atoms with Crippen molar-refractivity contribution in [3.63, 3.8) is 0 Å². The fourth-order valence-corrected chi connectivity index (χ4v) is 7.07. The van der Waals surface area contributed by atoms with E-state index in [1.165, 1.54) is 71.6 Å². The van der Waals surface area contributed by atoms with Crippen molar-refractivity contribution in [1.29, 1.82) is 0 Å². The molecule has 0 amide bonds. The number of benzene rings is 6. The predicted molar refractivity (Wildman–Crippen MR) is 175 cm³/mol. The van der Waals surface area contributed by atoms with E-state index in [1.807, 2.05) is 0 Å². The average molecular weight is 528 g/mol. The molecule has 0 bridgehead atoms. The molecular weight excluding hydrogens is 494 g/mol. The van der Waals surface area contributed by atoms with Gasteiger partial charge in [-0.3, -0.25) is 0 Å². The number of fused-ring (bicyclic) bond motifs is 8. The first kappa shape index (κ1) is 24.2. The molecular formula is C40H33N. The van der Waals surface area contributed by atoms with Crippen LogP contribution in [-0.2, 0) is 12.8 Å². The van der Waals surface area contributed by atoms with Gasteiger partial charge in [-0.1, -0.05) is 111 Å². The van der Waals surface area contributed by atoms with Crippen LogP contribution in [0.25, 0.3) is 60.5 Å². The second-order valence-electron chi connectivity index (χ2n) is 12.0. The minimum absolute atomic E-state index is 0.618. The zero-order valence-electron chi connectivity index (χ0n) is 23.6. The molecule has 198 valence electrons. The van der Waals surface area contributed by atoms with Gasteiger partial charge >= 0.3 is 0 Å². The van der Waals surface area contributed by atoms with E-state index in [2.05, 4.69) is 146 Å². The lowest BCUT2D eigenvalue weighted by Crippen LogP contribution is -2.17. The highest BCUT2D eigenvalue weighted by atomic mass is 15.0. The topological polar surface area (TPSA) is 4.93 Å². The minimum atomic E-state index is 0.618. The van der Waals surface area contributed by atoms with Crippen LogP contribution in [0.2, 0.25) is 0 Å². The molecule has 1 aromatic heterocycles. The minimum Gasteiger partial charge on any atom is -0.309 e. The molecule has 1 heteroatoms. The van der Waals surface area contributed by atoms with E-state index in [4.69, 9.17) is 0 Å². The standard InChI is InChI=1S/C40H33N/c1-26-22-30-12-6-7-13-33(30)34-21-18-31-24-40-38(25-36(31)37(34)23-27(26)2)35-14-8-9-15-39(35)41(40)32-19-16-29(17-20-32)28-10-4-3-5-11-28/h3-21,24-27H,22-23H2,1-2H3. The molecule has 0 saturated carbocycles. The molecule has 1 aliphatic carbocycles. The van der Waals surface area contributed by atoms with Gasteiger partial charge in [0.15, 0.2) is 0 Å². The van der Waals surface area contributed by atoms with Gasteiger partial charge in [-0.2, -0.15) is 0 Å². The summed E-state index contributed by atoms with van der Waals surface area (Å²) in [7, 11) is 0. The van der Waals surface area contributed by atoms with Crippen LogP contribution in [0.5, 0.6) is 0 Å². The summed E-state index contributed by atoms with van der Waals surface area (Å²) in [4.78, 5) is 0. The van der Waals surface area contributed by atoms with Crippen molar-refractivity contribution in [2.45, 2.75) is 26.7 Å². The van der Waals surface area contributed by atoms with E-state index in [-0.39, 0.29) is 0 Å². The molecule has 1 aliphatic rings. The Morgan fingerprint density at radius 3 is 2.07 bits per heavy atom. The second kappa shape index (κ2) is 9.49. The summed E-state index contributed by atoms with van der Waals surface area (Å²) >= 11 is 0. The zero-order valence-corrected chi connectivity index (χ0v) is 23.6. The van der Waals surface area contributed by atoms with Gasteiger partial charge in [0, 0.05) is 16.5 Å². The molecule has 0 radical (unpaired) electrons. The molecule has 0 N–H and O–H groups in total. The monoisotopic (exact) mass is 527 g/mol. The Labute approximate surface area is 241 Å². The lowest BCUT2D eigenvalue weighted by Gasteiger charge is -2.27. The van der Waals surface area contributed by atoms with Gasteiger partial charge in [-0.25, -0.2) is 0 Å². The van der Waals surface area contributed by atoms with Crippen molar-refractivity contribution in [3.05, 3.63) is 139 Å². The van der Waals surface area contributed by atoms with Gasteiger partial charge in [0.25, 0.3) is 0 Å². The Kier molecular flexibility index (Phi) is 5.60. The van der Waals surface area contributed by atoms with Crippen LogP contribution in [0.4, 0.5) is 0 Å². The summed E-state index contributed by atoms with van der Waals surface area (Å²) in [6.07, 6.45) is 2.25. The number of hydrogen-bond acceptors (Lipinski definition) is 0. The zero-order chi connectivity index (χ0) is 27.5. The molecule has 41 heavy (non-hydrogen) atoms. The van der Waals surface area contributed by atoms with E-state index in [0.717, 1.165) is 12.8 Å². The van der Waals surface area contributed by atoms with Crippen LogP contribution in [-0.4, -0.2) is 4.57 Å². The third-order valence-electron chi connectivity index (χ3n) is 9.50. The quantitative estimate of drug-likeness (QED) is 0.211. The van der Waals surface area contributed by atoms with Crippen molar-refractivity contribution in [2.75, 3.05) is 0 Å². The Hall–Kier alpha value is -4.62. The summed E-state index contributed by atoms with van der Waals surface area (Å²) in [5.41, 5.74) is 12.0. The lowest BCUT2D eigenvalue weighted by atomic mass is 9.77. The maximum Gasteiger partial charge on any atom is 0.0547 e. The normalized spacial score (nSPS) is 16.8. The van der Waals surface area contributed by atoms with Gasteiger partial charge in [-0.05, 0) is 99.2 Å². The number of aromatic nitrogens is 1. The first-order valence-corrected chi connectivity index (χ1v) is 14.9. The second-order valence-corrected chi connectivity index (χ2v) is 12.0. The summed E-state index contributed by atoms with van der Waals surface area (Å²) < 4.78 is 2.44. The summed E-state index contributed by atoms with van der Waals surface area (Å²) in [5, 5.41) is 5.35. The fraction of sp³-hybridized carbons (Fsp3) is 0.150. The number of nitrogens with zero attached hydrogens (tertiary/aromatic N) is 1. The third kappa shape index (κ3) is 3.91. The van der Waals surface area contributed by atoms with Crippen LogP contribution >= 0.6 is 0 Å². The van der Waals surface area contributed by atoms with E-state index in [9.17, 15) is 0 Å². The van der Waals surface area contributed by atoms with Gasteiger partial charge in [0.2, 0.25) is 0 Å². The predicted octanol–water partition coefficient (Wildman–Crippen LogP) is 10.6. The lowest BCUT2D eigenvalue weighted by molar-refractivity contribution is 0.383. The summed E-state index contributed by atoms with van der Waals surface area (Å²) in [5.74, 6) is 1.26. The number of para-hydroxylation sites is 1. The molecule has 2 atom stereocenters. The van der Waals surface area contributed by atoms with Crippen molar-refractivity contribution in [1.82, 2.24) is 4.57 Å². The first-order valence-electron chi connectivity index (χ1n) is 14.9. The molecule has 2 unspecified atom stereocenters. The van der Waals surface area contributed by atoms with Crippen LogP contribution in [0.3, 0.4) is 0 Å². The molecule has 0 saturated heterocycles. The highest BCUT2D eigenvalue weighted by Gasteiger charge is 2.24. The van der Waals surface area contributed by atoms with E-state index in [0.29, 0.717) is 11.8 Å². The molecule has 0 aliphatic heterocycles. The molecule has 0 fully saturated rings. The summed E-state index contributed by atoms with van der Waals surface area (Å²) in [6, 6.07) is 47.2. The Bertz CT molecular complexity index is 2060. The molecule has 1 nitrogen and oxygen atoms in total. The van der Waals surface area contributed by atoms with Crippen molar-refractivity contribution in [2.24, 2.45) is 11.8 Å². The van der Waals surface area contributed by atoms with Crippen molar-refractivity contribution in [3.8, 4) is 27.9 Å². The molecule has 8 rings (SSSR count). The largest absolute Gasteiger partial charge is 0.309 e. The number of rotatable bonds is 2. The summed E-state index contributed by atoms with van der Waals surface area (Å²) in [6.45, 7) is 4.86. The molecule has 0 spiro atoms. The van der Waals surface area contributed by atoms with Crippen LogP contribution in [0.15, 0.2) is 127 Å². The van der Waals surface area contributed by atoms with Crippen LogP contribution in [0.1, 0.15) is 25.0 Å². The highest BCUT2D eigenvalue weighted by molar-refractivity contribution is 6.14. The van der Waals surface area contributed by atoms with Gasteiger partial charge < -0.3 is 4.57 Å². The molecule has 1 heterocycles. The van der Waals surface area contributed by atoms with Crippen molar-refractivity contribution < 1.29 is 0 Å². The highest BCUT2D eigenvalue weighted by Crippen LogP contribution is 2.42.